The molecule has 0 spiro atoms. The van der Waals surface area contributed by atoms with Crippen LogP contribution in [0.25, 0.3) is 0 Å². The highest BCUT2D eigenvalue weighted by Gasteiger charge is 2.36. The van der Waals surface area contributed by atoms with E-state index >= 15 is 0 Å². The highest BCUT2D eigenvalue weighted by atomic mass is 19.2. The van der Waals surface area contributed by atoms with E-state index in [4.69, 9.17) is 0 Å². The molecule has 2 fully saturated rings. The molecule has 0 bridgehead atoms. The van der Waals surface area contributed by atoms with E-state index in [1.165, 1.54) is 50.7 Å². The molecule has 0 aromatic heterocycles. The molecular formula is C21H28F2O. The maximum Gasteiger partial charge on any atom is 0.159 e. The molecule has 1 aromatic carbocycles. The minimum absolute atomic E-state index is 0.0558. The minimum Gasteiger partial charge on any atom is -0.299 e. The molecule has 2 aliphatic rings. The number of carbonyl (C=O) groups is 1. The Hall–Kier alpha value is -1.25. The third kappa shape index (κ3) is 3.87. The van der Waals surface area contributed by atoms with Crippen LogP contribution in [0.2, 0.25) is 0 Å². The summed E-state index contributed by atoms with van der Waals surface area (Å²) in [5.41, 5.74) is 0.771. The van der Waals surface area contributed by atoms with Gasteiger partial charge in [-0.1, -0.05) is 38.7 Å². The van der Waals surface area contributed by atoms with Crippen molar-refractivity contribution in [1.82, 2.24) is 0 Å². The second-order valence-corrected chi connectivity index (χ2v) is 7.79. The van der Waals surface area contributed by atoms with Crippen molar-refractivity contribution >= 4 is 5.78 Å². The molecule has 1 nitrogen and oxygen atoms in total. The normalized spacial score (nSPS) is 31.2. The van der Waals surface area contributed by atoms with Gasteiger partial charge in [0.15, 0.2) is 11.6 Å². The van der Waals surface area contributed by atoms with E-state index in [-0.39, 0.29) is 11.8 Å². The third-order valence-corrected chi connectivity index (χ3v) is 6.26. The predicted octanol–water partition coefficient (Wildman–Crippen LogP) is 6.02. The molecule has 0 aliphatic heterocycles. The lowest BCUT2D eigenvalue weighted by Gasteiger charge is -2.37. The van der Waals surface area contributed by atoms with Crippen molar-refractivity contribution in [3.8, 4) is 0 Å². The van der Waals surface area contributed by atoms with Crippen molar-refractivity contribution in [2.75, 3.05) is 0 Å². The van der Waals surface area contributed by atoms with Gasteiger partial charge in [-0.2, -0.15) is 0 Å². The van der Waals surface area contributed by atoms with Gasteiger partial charge < -0.3 is 0 Å². The maximum atomic E-state index is 13.4. The first-order valence-corrected chi connectivity index (χ1v) is 9.56. The van der Waals surface area contributed by atoms with Crippen molar-refractivity contribution in [3.63, 3.8) is 0 Å². The second kappa shape index (κ2) is 7.76. The van der Waals surface area contributed by atoms with Crippen LogP contribution in [-0.4, -0.2) is 5.78 Å². The standard InChI is InChI=1S/C21H28F2O/c1-2-3-14-4-6-15(7-5-14)18-10-8-17(13-21(18)24)16-9-11-19(22)20(23)12-16/h9,11-12,14-15,17-18H,2-8,10,13H2,1H3/t14?,15?,17-,18+/m0/s1. The van der Waals surface area contributed by atoms with E-state index in [0.717, 1.165) is 24.3 Å². The van der Waals surface area contributed by atoms with Crippen LogP contribution < -0.4 is 0 Å². The Morgan fingerprint density at radius 3 is 2.38 bits per heavy atom. The van der Waals surface area contributed by atoms with Gasteiger partial charge in [-0.3, -0.25) is 4.79 Å². The lowest BCUT2D eigenvalue weighted by Crippen LogP contribution is -2.32. The van der Waals surface area contributed by atoms with Gasteiger partial charge in [-0.15, -0.1) is 0 Å². The first-order valence-electron chi connectivity index (χ1n) is 9.56. The number of rotatable bonds is 4. The quantitative estimate of drug-likeness (QED) is 0.657. The zero-order valence-electron chi connectivity index (χ0n) is 14.6. The van der Waals surface area contributed by atoms with Crippen LogP contribution in [0.4, 0.5) is 8.78 Å². The highest BCUT2D eigenvalue weighted by molar-refractivity contribution is 5.83. The molecule has 132 valence electrons. The van der Waals surface area contributed by atoms with Crippen LogP contribution in [0, 0.1) is 29.4 Å². The SMILES string of the molecule is CCCC1CCC([C@H]2CC[C@H](c3ccc(F)c(F)c3)CC2=O)CC1. The summed E-state index contributed by atoms with van der Waals surface area (Å²) in [6.45, 7) is 2.25. The van der Waals surface area contributed by atoms with Crippen molar-refractivity contribution in [1.29, 1.82) is 0 Å². The monoisotopic (exact) mass is 334 g/mol. The summed E-state index contributed by atoms with van der Waals surface area (Å²) in [6.07, 6.45) is 9.82. The second-order valence-electron chi connectivity index (χ2n) is 7.79. The van der Waals surface area contributed by atoms with E-state index < -0.39 is 11.6 Å². The largest absolute Gasteiger partial charge is 0.299 e. The molecule has 3 rings (SSSR count). The molecule has 2 saturated carbocycles. The summed E-state index contributed by atoms with van der Waals surface area (Å²) in [6, 6.07) is 4.08. The molecule has 2 atom stereocenters. The topological polar surface area (TPSA) is 17.1 Å². The van der Waals surface area contributed by atoms with Gasteiger partial charge in [0.25, 0.3) is 0 Å². The van der Waals surface area contributed by atoms with Crippen molar-refractivity contribution in [3.05, 3.63) is 35.4 Å². The van der Waals surface area contributed by atoms with Crippen molar-refractivity contribution in [2.45, 2.75) is 70.6 Å². The average Bonchev–Trinajstić information content (AvgIpc) is 2.58. The molecule has 0 saturated heterocycles. The molecule has 3 heteroatoms. The number of ketones is 1. The Morgan fingerprint density at radius 2 is 1.75 bits per heavy atom. The third-order valence-electron chi connectivity index (χ3n) is 6.26. The summed E-state index contributed by atoms with van der Waals surface area (Å²) in [5, 5.41) is 0. The van der Waals surface area contributed by atoms with E-state index in [1.54, 1.807) is 6.07 Å². The Labute approximate surface area is 143 Å². The smallest absolute Gasteiger partial charge is 0.159 e. The summed E-state index contributed by atoms with van der Waals surface area (Å²) >= 11 is 0. The van der Waals surface area contributed by atoms with Gasteiger partial charge >= 0.3 is 0 Å². The molecule has 0 radical (unpaired) electrons. The van der Waals surface area contributed by atoms with Gasteiger partial charge in [0, 0.05) is 12.3 Å². The van der Waals surface area contributed by atoms with Crippen molar-refractivity contribution < 1.29 is 13.6 Å². The lowest BCUT2D eigenvalue weighted by atomic mass is 9.67. The first-order chi connectivity index (χ1) is 11.6. The number of hydrogen-bond donors (Lipinski definition) is 0. The molecule has 0 N–H and O–H groups in total. The minimum atomic E-state index is -0.817. The van der Waals surface area contributed by atoms with Gasteiger partial charge in [-0.05, 0) is 61.1 Å². The van der Waals surface area contributed by atoms with Gasteiger partial charge in [-0.25, -0.2) is 8.78 Å². The molecule has 2 aliphatic carbocycles. The maximum absolute atomic E-state index is 13.4. The number of hydrogen-bond acceptors (Lipinski definition) is 1. The summed E-state index contributed by atoms with van der Waals surface area (Å²) in [4.78, 5) is 12.7. The fourth-order valence-electron chi connectivity index (χ4n) is 4.87. The van der Waals surface area contributed by atoms with Crippen molar-refractivity contribution in [2.24, 2.45) is 17.8 Å². The highest BCUT2D eigenvalue weighted by Crippen LogP contribution is 2.43. The van der Waals surface area contributed by atoms with Crippen LogP contribution >= 0.6 is 0 Å². The van der Waals surface area contributed by atoms with Crippen LogP contribution in [0.1, 0.15) is 76.2 Å². The molecule has 0 unspecified atom stereocenters. The van der Waals surface area contributed by atoms with Crippen LogP contribution in [0.15, 0.2) is 18.2 Å². The summed E-state index contributed by atoms with van der Waals surface area (Å²) < 4.78 is 26.5. The van der Waals surface area contributed by atoms with Gasteiger partial charge in [0.05, 0.1) is 0 Å². The lowest BCUT2D eigenvalue weighted by molar-refractivity contribution is -0.127. The number of carbonyl (C=O) groups excluding carboxylic acids is 1. The van der Waals surface area contributed by atoms with E-state index in [0.29, 0.717) is 18.1 Å². The summed E-state index contributed by atoms with van der Waals surface area (Å²) in [5.74, 6) is 0.389. The van der Waals surface area contributed by atoms with Crippen LogP contribution in [0.5, 0.6) is 0 Å². The zero-order valence-corrected chi connectivity index (χ0v) is 14.6. The Morgan fingerprint density at radius 1 is 1.00 bits per heavy atom. The van der Waals surface area contributed by atoms with Crippen LogP contribution in [-0.2, 0) is 4.79 Å². The zero-order chi connectivity index (χ0) is 17.1. The summed E-state index contributed by atoms with van der Waals surface area (Å²) in [7, 11) is 0. The number of benzene rings is 1. The van der Waals surface area contributed by atoms with E-state index in [2.05, 4.69) is 6.92 Å². The Balaban J connectivity index is 1.57. The Bertz CT molecular complexity index is 575. The average molecular weight is 334 g/mol. The molecule has 1 aromatic rings. The molecule has 24 heavy (non-hydrogen) atoms. The fourth-order valence-corrected chi connectivity index (χ4v) is 4.87. The molecule has 0 amide bonds. The van der Waals surface area contributed by atoms with Gasteiger partial charge in [0.1, 0.15) is 5.78 Å². The van der Waals surface area contributed by atoms with Crippen LogP contribution in [0.3, 0.4) is 0 Å². The molecular weight excluding hydrogens is 306 g/mol. The number of Topliss-reactive ketones (excluding diaryl/α,β-unsaturated/α-hetero) is 1. The van der Waals surface area contributed by atoms with Gasteiger partial charge in [0.2, 0.25) is 0 Å². The predicted molar refractivity (Wildman–Crippen MR) is 91.8 cm³/mol. The first kappa shape index (κ1) is 17.6. The Kier molecular flexibility index (Phi) is 5.68. The molecule has 0 heterocycles. The number of halogens is 2. The fraction of sp³-hybridized carbons (Fsp3) is 0.667. The van der Waals surface area contributed by atoms with E-state index in [9.17, 15) is 13.6 Å². The van der Waals surface area contributed by atoms with E-state index in [1.807, 2.05) is 0 Å².